The normalized spacial score (nSPS) is 33.8. The minimum absolute atomic E-state index is 1.10. The summed E-state index contributed by atoms with van der Waals surface area (Å²) in [7, 11) is -4.30. The van der Waals surface area contributed by atoms with Crippen LogP contribution in [0, 0.1) is 0 Å². The van der Waals surface area contributed by atoms with E-state index in [1.165, 1.54) is 129 Å². The zero-order chi connectivity index (χ0) is 25.3. The highest BCUT2D eigenvalue weighted by Crippen LogP contribution is 2.84. The van der Waals surface area contributed by atoms with Crippen LogP contribution >= 0.6 is 22.5 Å². The topological polar surface area (TPSA) is 56.5 Å². The molecule has 1 atom stereocenters. The van der Waals surface area contributed by atoms with Crippen molar-refractivity contribution in [3.63, 3.8) is 0 Å². The van der Waals surface area contributed by atoms with Crippen molar-refractivity contribution in [2.75, 3.05) is 79.0 Å². The van der Waals surface area contributed by atoms with Gasteiger partial charge in [0, 0.05) is 72.0 Å². The predicted molar refractivity (Wildman–Crippen MR) is 160 cm³/mol. The third-order valence-corrected chi connectivity index (χ3v) is 22.0. The first-order chi connectivity index (χ1) is 18.1. The average molecular weight is 572 g/mol. The molecule has 0 radical (unpaired) electrons. The number of rotatable bonds is 9. The van der Waals surface area contributed by atoms with Gasteiger partial charge in [0.05, 0.1) is 0 Å². The van der Waals surface area contributed by atoms with E-state index in [-0.39, 0.29) is 0 Å². The van der Waals surface area contributed by atoms with Gasteiger partial charge in [0.2, 0.25) is 22.5 Å². The summed E-state index contributed by atoms with van der Waals surface area (Å²) in [6.07, 6.45) is 15.5. The second-order valence-corrected chi connectivity index (χ2v) is 20.8. The SMILES string of the molecule is CCCCN(C)P1(N2CCCC2)=NP(N2CCCC2)(N2CCCC2)=NP(N2CCCC2)(N2CCCC2)=N1. The lowest BCUT2D eigenvalue weighted by Gasteiger charge is -2.50. The van der Waals surface area contributed by atoms with Gasteiger partial charge in [0.25, 0.3) is 0 Å². The Morgan fingerprint density at radius 2 is 0.865 bits per heavy atom. The molecule has 0 aromatic heterocycles. The molecule has 0 saturated carbocycles. The molecule has 0 aromatic carbocycles. The van der Waals surface area contributed by atoms with E-state index in [1.807, 2.05) is 0 Å². The maximum absolute atomic E-state index is 6.27. The third kappa shape index (κ3) is 4.95. The molecule has 6 rings (SSSR count). The van der Waals surface area contributed by atoms with E-state index in [0.717, 1.165) is 19.6 Å². The van der Waals surface area contributed by atoms with Gasteiger partial charge < -0.3 is 0 Å². The molecule has 6 aliphatic heterocycles. The Hall–Kier alpha value is 0.450. The van der Waals surface area contributed by atoms with Crippen LogP contribution in [0.3, 0.4) is 0 Å². The first kappa shape index (κ1) is 27.6. The first-order valence-corrected chi connectivity index (χ1v) is 20.3. The molecule has 0 N–H and O–H groups in total. The van der Waals surface area contributed by atoms with Gasteiger partial charge in [-0.1, -0.05) is 13.3 Å². The van der Waals surface area contributed by atoms with Gasteiger partial charge in [-0.25, -0.2) is 28.0 Å². The van der Waals surface area contributed by atoms with Gasteiger partial charge in [-0.15, -0.1) is 0 Å². The first-order valence-electron chi connectivity index (χ1n) is 15.5. The van der Waals surface area contributed by atoms with Crippen LogP contribution < -0.4 is 0 Å². The minimum Gasteiger partial charge on any atom is -0.243 e. The average Bonchev–Trinajstić information content (AvgIpc) is 3.76. The van der Waals surface area contributed by atoms with Gasteiger partial charge in [-0.05, 0) is 77.7 Å². The summed E-state index contributed by atoms with van der Waals surface area (Å²) in [6.45, 7) is 15.2. The molecule has 37 heavy (non-hydrogen) atoms. The van der Waals surface area contributed by atoms with Crippen LogP contribution in [-0.4, -0.2) is 107 Å². The zero-order valence-corrected chi connectivity index (χ0v) is 26.3. The van der Waals surface area contributed by atoms with E-state index < -0.39 is 22.5 Å². The summed E-state index contributed by atoms with van der Waals surface area (Å²) < 4.78 is 35.6. The molecule has 0 bridgehead atoms. The largest absolute Gasteiger partial charge is 0.243 e. The molecule has 1 unspecified atom stereocenters. The van der Waals surface area contributed by atoms with Crippen molar-refractivity contribution >= 4 is 22.5 Å². The lowest BCUT2D eigenvalue weighted by Crippen LogP contribution is -2.35. The van der Waals surface area contributed by atoms with Crippen LogP contribution in [0.5, 0.6) is 0 Å². The fourth-order valence-electron chi connectivity index (χ4n) is 7.18. The summed E-state index contributed by atoms with van der Waals surface area (Å²) in [5.41, 5.74) is 0. The van der Waals surface area contributed by atoms with E-state index in [4.69, 9.17) is 13.5 Å². The highest BCUT2D eigenvalue weighted by atomic mass is 31.3. The molecule has 0 aliphatic carbocycles. The molecule has 0 amide bonds. The highest BCUT2D eigenvalue weighted by Gasteiger charge is 2.52. The minimum atomic E-state index is -2.26. The number of hydrogen-bond donors (Lipinski definition) is 0. The fraction of sp³-hybridized carbons (Fsp3) is 1.00. The molecular weight excluding hydrogens is 519 g/mol. The number of hydrogen-bond acceptors (Lipinski definition) is 9. The molecule has 5 saturated heterocycles. The smallest absolute Gasteiger partial charge is 0.221 e. The van der Waals surface area contributed by atoms with Crippen molar-refractivity contribution in [1.29, 1.82) is 0 Å². The predicted octanol–water partition coefficient (Wildman–Crippen LogP) is 7.05. The van der Waals surface area contributed by atoms with E-state index in [0.29, 0.717) is 0 Å². The summed E-state index contributed by atoms with van der Waals surface area (Å²) in [5, 5.41) is 0. The molecule has 6 aliphatic rings. The summed E-state index contributed by atoms with van der Waals surface area (Å²) in [5.74, 6) is 0. The van der Waals surface area contributed by atoms with Gasteiger partial charge >= 0.3 is 0 Å². The molecule has 6 heterocycles. The van der Waals surface area contributed by atoms with Gasteiger partial charge in [-0.3, -0.25) is 0 Å². The maximum atomic E-state index is 6.27. The Morgan fingerprint density at radius 1 is 0.514 bits per heavy atom. The summed E-state index contributed by atoms with van der Waals surface area (Å²) in [6, 6.07) is 0. The van der Waals surface area contributed by atoms with E-state index in [2.05, 4.69) is 42.0 Å². The summed E-state index contributed by atoms with van der Waals surface area (Å²) in [4.78, 5) is 0. The number of nitrogens with zero attached hydrogens (tertiary/aromatic N) is 9. The van der Waals surface area contributed by atoms with Gasteiger partial charge in [0.1, 0.15) is 0 Å². The van der Waals surface area contributed by atoms with Crippen molar-refractivity contribution in [2.24, 2.45) is 13.5 Å². The standard InChI is InChI=1S/C25H52N9P3/c1-3-4-15-29(2)35(30-16-5-6-17-30)26-36(31-18-7-8-19-31,32-20-9-10-21-32)28-37(27-35,33-22-11-12-23-33)34-24-13-14-25-34/h3-25H2,1-2H3. The zero-order valence-electron chi connectivity index (χ0n) is 23.6. The van der Waals surface area contributed by atoms with Gasteiger partial charge in [-0.2, -0.15) is 13.5 Å². The summed E-state index contributed by atoms with van der Waals surface area (Å²) >= 11 is 0. The molecule has 0 aromatic rings. The van der Waals surface area contributed by atoms with Crippen LogP contribution in [-0.2, 0) is 0 Å². The van der Waals surface area contributed by atoms with Crippen LogP contribution in [0.15, 0.2) is 13.5 Å². The van der Waals surface area contributed by atoms with E-state index >= 15 is 0 Å². The second kappa shape index (κ2) is 11.7. The van der Waals surface area contributed by atoms with Crippen molar-refractivity contribution < 1.29 is 0 Å². The third-order valence-electron chi connectivity index (χ3n) is 9.32. The molecule has 12 heteroatoms. The Balaban J connectivity index is 1.65. The Morgan fingerprint density at radius 3 is 1.24 bits per heavy atom. The highest BCUT2D eigenvalue weighted by molar-refractivity contribution is 7.83. The van der Waals surface area contributed by atoms with E-state index in [9.17, 15) is 0 Å². The lowest BCUT2D eigenvalue weighted by atomic mass is 10.3. The van der Waals surface area contributed by atoms with Crippen molar-refractivity contribution in [3.05, 3.63) is 0 Å². The van der Waals surface area contributed by atoms with Crippen molar-refractivity contribution in [3.8, 4) is 0 Å². The lowest BCUT2D eigenvalue weighted by molar-refractivity contribution is 0.432. The second-order valence-electron chi connectivity index (χ2n) is 11.9. The monoisotopic (exact) mass is 571 g/mol. The number of unbranched alkanes of at least 4 members (excludes halogenated alkanes) is 1. The molecule has 5 fully saturated rings. The fourth-order valence-corrected chi connectivity index (χ4v) is 23.7. The molecular formula is C25H52N9P3. The van der Waals surface area contributed by atoms with Crippen LogP contribution in [0.2, 0.25) is 0 Å². The van der Waals surface area contributed by atoms with Crippen molar-refractivity contribution in [1.82, 2.24) is 28.0 Å². The maximum Gasteiger partial charge on any atom is 0.221 e. The van der Waals surface area contributed by atoms with Crippen LogP contribution in [0.4, 0.5) is 0 Å². The molecule has 212 valence electrons. The Kier molecular flexibility index (Phi) is 8.77. The Labute approximate surface area is 226 Å². The molecule has 0 spiro atoms. The quantitative estimate of drug-likeness (QED) is 0.277. The van der Waals surface area contributed by atoms with Crippen LogP contribution in [0.1, 0.15) is 84.0 Å². The molecule has 9 nitrogen and oxygen atoms in total. The van der Waals surface area contributed by atoms with Crippen molar-refractivity contribution in [2.45, 2.75) is 84.0 Å². The van der Waals surface area contributed by atoms with Crippen LogP contribution in [0.25, 0.3) is 0 Å². The Bertz CT molecular complexity index is 879. The van der Waals surface area contributed by atoms with Gasteiger partial charge in [0.15, 0.2) is 0 Å². The van der Waals surface area contributed by atoms with E-state index in [1.54, 1.807) is 0 Å².